The van der Waals surface area contributed by atoms with Gasteiger partial charge in [-0.2, -0.15) is 0 Å². The third kappa shape index (κ3) is 4.12. The van der Waals surface area contributed by atoms with Crippen LogP contribution in [0.2, 0.25) is 0 Å². The van der Waals surface area contributed by atoms with Crippen molar-refractivity contribution in [3.63, 3.8) is 0 Å². The fourth-order valence-electron chi connectivity index (χ4n) is 2.51. The fraction of sp³-hybridized carbons (Fsp3) is 1.00. The summed E-state index contributed by atoms with van der Waals surface area (Å²) < 4.78 is 0. The summed E-state index contributed by atoms with van der Waals surface area (Å²) in [4.78, 5) is 0. The van der Waals surface area contributed by atoms with E-state index < -0.39 is 0 Å². The standard InChI is InChI=1S/C12H25N/c1-3-12(13-4-2)10-11-8-6-5-7-9-11/h11-13H,3-10H2,1-2H3. The van der Waals surface area contributed by atoms with Gasteiger partial charge in [-0.25, -0.2) is 0 Å². The van der Waals surface area contributed by atoms with E-state index in [-0.39, 0.29) is 0 Å². The summed E-state index contributed by atoms with van der Waals surface area (Å²) >= 11 is 0. The van der Waals surface area contributed by atoms with Crippen LogP contribution in [0.3, 0.4) is 0 Å². The molecule has 0 aromatic heterocycles. The predicted molar refractivity (Wildman–Crippen MR) is 58.9 cm³/mol. The first kappa shape index (κ1) is 11.0. The predicted octanol–water partition coefficient (Wildman–Crippen LogP) is 3.34. The zero-order chi connectivity index (χ0) is 9.52. The maximum absolute atomic E-state index is 3.58. The minimum absolute atomic E-state index is 0.785. The molecule has 0 aliphatic heterocycles. The van der Waals surface area contributed by atoms with Crippen molar-refractivity contribution in [3.05, 3.63) is 0 Å². The third-order valence-corrected chi connectivity index (χ3v) is 3.33. The Hall–Kier alpha value is -0.0400. The van der Waals surface area contributed by atoms with E-state index in [2.05, 4.69) is 19.2 Å². The van der Waals surface area contributed by atoms with Crippen molar-refractivity contribution in [1.29, 1.82) is 0 Å². The molecule has 1 rings (SSSR count). The molecule has 0 saturated heterocycles. The monoisotopic (exact) mass is 183 g/mol. The molecule has 1 saturated carbocycles. The number of hydrogen-bond acceptors (Lipinski definition) is 1. The van der Waals surface area contributed by atoms with Crippen LogP contribution in [0.15, 0.2) is 0 Å². The van der Waals surface area contributed by atoms with E-state index in [0.717, 1.165) is 18.5 Å². The minimum atomic E-state index is 0.785. The van der Waals surface area contributed by atoms with Crippen molar-refractivity contribution in [2.75, 3.05) is 6.54 Å². The van der Waals surface area contributed by atoms with E-state index in [1.54, 1.807) is 0 Å². The van der Waals surface area contributed by atoms with Crippen molar-refractivity contribution in [1.82, 2.24) is 5.32 Å². The molecule has 0 bridgehead atoms. The lowest BCUT2D eigenvalue weighted by atomic mass is 9.84. The molecule has 1 nitrogen and oxygen atoms in total. The van der Waals surface area contributed by atoms with Gasteiger partial charge in [0.2, 0.25) is 0 Å². The van der Waals surface area contributed by atoms with Gasteiger partial charge in [-0.3, -0.25) is 0 Å². The molecule has 0 aromatic carbocycles. The number of hydrogen-bond donors (Lipinski definition) is 1. The SMILES string of the molecule is CCNC(CC)CC1CCCCC1. The normalized spacial score (nSPS) is 21.7. The van der Waals surface area contributed by atoms with Gasteiger partial charge in [0, 0.05) is 6.04 Å². The lowest BCUT2D eigenvalue weighted by Gasteiger charge is -2.26. The highest BCUT2D eigenvalue weighted by atomic mass is 14.9. The van der Waals surface area contributed by atoms with E-state index in [1.807, 2.05) is 0 Å². The number of rotatable bonds is 5. The number of nitrogens with one attached hydrogen (secondary N) is 1. The largest absolute Gasteiger partial charge is 0.314 e. The highest BCUT2D eigenvalue weighted by Gasteiger charge is 2.16. The third-order valence-electron chi connectivity index (χ3n) is 3.33. The molecule has 78 valence electrons. The molecule has 13 heavy (non-hydrogen) atoms. The lowest BCUT2D eigenvalue weighted by Crippen LogP contribution is -2.30. The van der Waals surface area contributed by atoms with Crippen LogP contribution >= 0.6 is 0 Å². The van der Waals surface area contributed by atoms with E-state index >= 15 is 0 Å². The Morgan fingerprint density at radius 2 is 1.85 bits per heavy atom. The van der Waals surface area contributed by atoms with Gasteiger partial charge in [0.25, 0.3) is 0 Å². The van der Waals surface area contributed by atoms with Gasteiger partial charge in [-0.05, 0) is 25.3 Å². The van der Waals surface area contributed by atoms with Crippen molar-refractivity contribution in [2.45, 2.75) is 64.8 Å². The molecule has 1 aliphatic rings. The molecule has 0 spiro atoms. The maximum atomic E-state index is 3.58. The van der Waals surface area contributed by atoms with Crippen LogP contribution in [0, 0.1) is 5.92 Å². The highest BCUT2D eigenvalue weighted by molar-refractivity contribution is 4.73. The summed E-state index contributed by atoms with van der Waals surface area (Å²) in [5, 5.41) is 3.58. The Kier molecular flexibility index (Phi) is 5.45. The molecule has 0 amide bonds. The topological polar surface area (TPSA) is 12.0 Å². The zero-order valence-electron chi connectivity index (χ0n) is 9.31. The Morgan fingerprint density at radius 3 is 2.38 bits per heavy atom. The van der Waals surface area contributed by atoms with Crippen LogP contribution in [0.4, 0.5) is 0 Å². The van der Waals surface area contributed by atoms with Crippen LogP contribution in [0.25, 0.3) is 0 Å². The highest BCUT2D eigenvalue weighted by Crippen LogP contribution is 2.27. The molecule has 1 unspecified atom stereocenters. The van der Waals surface area contributed by atoms with E-state index in [1.165, 1.54) is 44.9 Å². The van der Waals surface area contributed by atoms with Crippen LogP contribution in [-0.4, -0.2) is 12.6 Å². The van der Waals surface area contributed by atoms with E-state index in [0.29, 0.717) is 0 Å². The van der Waals surface area contributed by atoms with Gasteiger partial charge in [0.1, 0.15) is 0 Å². The van der Waals surface area contributed by atoms with Gasteiger partial charge in [0.05, 0.1) is 0 Å². The summed E-state index contributed by atoms with van der Waals surface area (Å²) in [5.41, 5.74) is 0. The minimum Gasteiger partial charge on any atom is -0.314 e. The van der Waals surface area contributed by atoms with Crippen molar-refractivity contribution in [3.8, 4) is 0 Å². The Labute approximate surface area is 83.3 Å². The summed E-state index contributed by atoms with van der Waals surface area (Å²) in [5.74, 6) is 1.03. The molecule has 0 radical (unpaired) electrons. The fourth-order valence-corrected chi connectivity index (χ4v) is 2.51. The summed E-state index contributed by atoms with van der Waals surface area (Å²) in [6.07, 6.45) is 10.1. The summed E-state index contributed by atoms with van der Waals surface area (Å²) in [6, 6.07) is 0.785. The average Bonchev–Trinajstić information content (AvgIpc) is 2.19. The Morgan fingerprint density at radius 1 is 1.15 bits per heavy atom. The molecule has 1 N–H and O–H groups in total. The maximum Gasteiger partial charge on any atom is 0.00669 e. The van der Waals surface area contributed by atoms with Gasteiger partial charge >= 0.3 is 0 Å². The summed E-state index contributed by atoms with van der Waals surface area (Å²) in [6.45, 7) is 5.64. The molecular weight excluding hydrogens is 158 g/mol. The lowest BCUT2D eigenvalue weighted by molar-refractivity contribution is 0.296. The first-order valence-corrected chi connectivity index (χ1v) is 6.10. The molecule has 1 heteroatoms. The second kappa shape index (κ2) is 6.42. The molecule has 0 aromatic rings. The summed E-state index contributed by atoms with van der Waals surface area (Å²) in [7, 11) is 0. The second-order valence-corrected chi connectivity index (χ2v) is 4.40. The second-order valence-electron chi connectivity index (χ2n) is 4.40. The van der Waals surface area contributed by atoms with Crippen molar-refractivity contribution < 1.29 is 0 Å². The van der Waals surface area contributed by atoms with Crippen molar-refractivity contribution in [2.24, 2.45) is 5.92 Å². The molecule has 1 aliphatic carbocycles. The van der Waals surface area contributed by atoms with Crippen molar-refractivity contribution >= 4 is 0 Å². The average molecular weight is 183 g/mol. The Bertz CT molecular complexity index is 114. The van der Waals surface area contributed by atoms with Crippen LogP contribution in [0.1, 0.15) is 58.8 Å². The molecular formula is C12H25N. The molecule has 0 heterocycles. The first-order valence-electron chi connectivity index (χ1n) is 6.10. The van der Waals surface area contributed by atoms with Crippen LogP contribution < -0.4 is 5.32 Å². The van der Waals surface area contributed by atoms with Gasteiger partial charge in [0.15, 0.2) is 0 Å². The smallest absolute Gasteiger partial charge is 0.00669 e. The van der Waals surface area contributed by atoms with E-state index in [4.69, 9.17) is 0 Å². The quantitative estimate of drug-likeness (QED) is 0.689. The van der Waals surface area contributed by atoms with Crippen LogP contribution in [-0.2, 0) is 0 Å². The van der Waals surface area contributed by atoms with E-state index in [9.17, 15) is 0 Å². The molecule has 1 atom stereocenters. The van der Waals surface area contributed by atoms with Crippen LogP contribution in [0.5, 0.6) is 0 Å². The molecule has 1 fully saturated rings. The van der Waals surface area contributed by atoms with Gasteiger partial charge < -0.3 is 5.32 Å². The van der Waals surface area contributed by atoms with Gasteiger partial charge in [-0.1, -0.05) is 46.0 Å². The van der Waals surface area contributed by atoms with Gasteiger partial charge in [-0.15, -0.1) is 0 Å². The zero-order valence-corrected chi connectivity index (χ0v) is 9.31. The first-order chi connectivity index (χ1) is 6.36. The Balaban J connectivity index is 2.18.